The molecule has 7 nitrogen and oxygen atoms in total. The zero-order valence-corrected chi connectivity index (χ0v) is 18.3. The molecule has 1 N–H and O–H groups in total. The summed E-state index contributed by atoms with van der Waals surface area (Å²) in [7, 11) is 5.47. The van der Waals surface area contributed by atoms with Gasteiger partial charge >= 0.3 is 0 Å². The first kappa shape index (κ1) is 21.1. The van der Waals surface area contributed by atoms with Gasteiger partial charge in [0.05, 0.1) is 18.4 Å². The Morgan fingerprint density at radius 3 is 2.62 bits per heavy atom. The Bertz CT molecular complexity index is 1220. The number of ether oxygens (including phenoxy) is 1. The molecule has 32 heavy (non-hydrogen) atoms. The van der Waals surface area contributed by atoms with Crippen LogP contribution in [0.2, 0.25) is 0 Å². The standard InChI is InChI=1S/C25H25N5O2/c1-29(2)24-19(10-8-14-26-24)16-27-25(31)22-17-30(20-11-5-4-6-12-20)28-23(22)18-9-7-13-21(15-18)32-3/h4-15,17H,16H2,1-3H3,(H,27,31). The number of nitrogens with zero attached hydrogens (tertiary/aromatic N) is 4. The lowest BCUT2D eigenvalue weighted by atomic mass is 10.1. The molecule has 1 amide bonds. The molecule has 2 aromatic heterocycles. The van der Waals surface area contributed by atoms with Crippen LogP contribution < -0.4 is 15.0 Å². The number of para-hydroxylation sites is 1. The normalized spacial score (nSPS) is 10.6. The van der Waals surface area contributed by atoms with Gasteiger partial charge < -0.3 is 15.0 Å². The smallest absolute Gasteiger partial charge is 0.255 e. The van der Waals surface area contributed by atoms with Gasteiger partial charge in [0, 0.05) is 44.2 Å². The van der Waals surface area contributed by atoms with Crippen molar-refractivity contribution in [3.8, 4) is 22.7 Å². The van der Waals surface area contributed by atoms with Crippen LogP contribution in [0.3, 0.4) is 0 Å². The van der Waals surface area contributed by atoms with Gasteiger partial charge in [-0.15, -0.1) is 0 Å². The summed E-state index contributed by atoms with van der Waals surface area (Å²) in [5.41, 5.74) is 3.68. The Morgan fingerprint density at radius 1 is 1.06 bits per heavy atom. The molecule has 0 radical (unpaired) electrons. The summed E-state index contributed by atoms with van der Waals surface area (Å²) in [5, 5.41) is 7.75. The summed E-state index contributed by atoms with van der Waals surface area (Å²) in [6.07, 6.45) is 3.50. The monoisotopic (exact) mass is 427 g/mol. The van der Waals surface area contributed by atoms with E-state index in [-0.39, 0.29) is 5.91 Å². The minimum atomic E-state index is -0.210. The minimum Gasteiger partial charge on any atom is -0.497 e. The number of carbonyl (C=O) groups is 1. The molecular formula is C25H25N5O2. The van der Waals surface area contributed by atoms with Gasteiger partial charge in [0.1, 0.15) is 17.3 Å². The summed E-state index contributed by atoms with van der Waals surface area (Å²) in [6, 6.07) is 21.1. The number of nitrogens with one attached hydrogen (secondary N) is 1. The topological polar surface area (TPSA) is 72.3 Å². The van der Waals surface area contributed by atoms with E-state index >= 15 is 0 Å². The Morgan fingerprint density at radius 2 is 1.88 bits per heavy atom. The van der Waals surface area contributed by atoms with Crippen molar-refractivity contribution in [2.75, 3.05) is 26.1 Å². The number of aromatic nitrogens is 3. The van der Waals surface area contributed by atoms with E-state index in [1.807, 2.05) is 85.7 Å². The van der Waals surface area contributed by atoms with Crippen LogP contribution in [0.5, 0.6) is 5.75 Å². The van der Waals surface area contributed by atoms with Gasteiger partial charge in [-0.05, 0) is 30.3 Å². The molecule has 2 heterocycles. The van der Waals surface area contributed by atoms with Crippen molar-refractivity contribution in [2.24, 2.45) is 0 Å². The van der Waals surface area contributed by atoms with Crippen LogP contribution in [0.15, 0.2) is 79.1 Å². The van der Waals surface area contributed by atoms with E-state index in [1.165, 1.54) is 0 Å². The van der Waals surface area contributed by atoms with Crippen LogP contribution >= 0.6 is 0 Å². The van der Waals surface area contributed by atoms with Crippen LogP contribution in [-0.4, -0.2) is 41.9 Å². The second-order valence-corrected chi connectivity index (χ2v) is 7.47. The third-order valence-electron chi connectivity index (χ3n) is 5.05. The lowest BCUT2D eigenvalue weighted by Crippen LogP contribution is -2.24. The zero-order valence-electron chi connectivity index (χ0n) is 18.3. The van der Waals surface area contributed by atoms with Crippen molar-refractivity contribution in [2.45, 2.75) is 6.54 Å². The number of anilines is 1. The van der Waals surface area contributed by atoms with Crippen LogP contribution in [-0.2, 0) is 6.54 Å². The van der Waals surface area contributed by atoms with Gasteiger partial charge in [0.25, 0.3) is 5.91 Å². The Kier molecular flexibility index (Phi) is 6.17. The first-order valence-corrected chi connectivity index (χ1v) is 10.3. The molecule has 0 aliphatic heterocycles. The fourth-order valence-electron chi connectivity index (χ4n) is 3.48. The van der Waals surface area contributed by atoms with Crippen LogP contribution in [0, 0.1) is 0 Å². The van der Waals surface area contributed by atoms with E-state index < -0.39 is 0 Å². The molecule has 0 fully saturated rings. The minimum absolute atomic E-state index is 0.210. The Labute approximate surface area is 187 Å². The van der Waals surface area contributed by atoms with E-state index in [0.717, 1.165) is 22.6 Å². The summed E-state index contributed by atoms with van der Waals surface area (Å²) in [6.45, 7) is 0.355. The fraction of sp³-hybridized carbons (Fsp3) is 0.160. The summed E-state index contributed by atoms with van der Waals surface area (Å²) >= 11 is 0. The van der Waals surface area contributed by atoms with Gasteiger partial charge in [-0.25, -0.2) is 9.67 Å². The first-order valence-electron chi connectivity index (χ1n) is 10.3. The zero-order chi connectivity index (χ0) is 22.5. The predicted molar refractivity (Wildman–Crippen MR) is 125 cm³/mol. The van der Waals surface area contributed by atoms with Gasteiger partial charge in [-0.2, -0.15) is 5.10 Å². The average molecular weight is 428 g/mol. The van der Waals surface area contributed by atoms with Gasteiger partial charge in [0.2, 0.25) is 0 Å². The van der Waals surface area contributed by atoms with Gasteiger partial charge in [0.15, 0.2) is 0 Å². The van der Waals surface area contributed by atoms with Crippen LogP contribution in [0.4, 0.5) is 5.82 Å². The summed E-state index contributed by atoms with van der Waals surface area (Å²) in [4.78, 5) is 19.6. The highest BCUT2D eigenvalue weighted by Crippen LogP contribution is 2.27. The van der Waals surface area contributed by atoms with Crippen molar-refractivity contribution in [3.63, 3.8) is 0 Å². The highest BCUT2D eigenvalue weighted by Gasteiger charge is 2.19. The average Bonchev–Trinajstić information content (AvgIpc) is 3.29. The number of hydrogen-bond donors (Lipinski definition) is 1. The van der Waals surface area contributed by atoms with E-state index in [0.29, 0.717) is 23.6 Å². The molecule has 0 unspecified atom stereocenters. The first-order chi connectivity index (χ1) is 15.6. The summed E-state index contributed by atoms with van der Waals surface area (Å²) < 4.78 is 7.08. The third-order valence-corrected chi connectivity index (χ3v) is 5.05. The molecule has 7 heteroatoms. The lowest BCUT2D eigenvalue weighted by Gasteiger charge is -2.16. The maximum absolute atomic E-state index is 13.3. The highest BCUT2D eigenvalue weighted by atomic mass is 16.5. The number of benzene rings is 2. The number of methoxy groups -OCH3 is 1. The van der Waals surface area contributed by atoms with Crippen molar-refractivity contribution < 1.29 is 9.53 Å². The number of pyridine rings is 1. The number of carbonyl (C=O) groups excluding carboxylic acids is 1. The molecule has 0 bridgehead atoms. The molecule has 0 spiro atoms. The molecule has 4 aromatic rings. The van der Waals surface area contributed by atoms with Crippen molar-refractivity contribution in [1.29, 1.82) is 0 Å². The molecule has 0 saturated heterocycles. The van der Waals surface area contributed by atoms with Crippen LogP contribution in [0.1, 0.15) is 15.9 Å². The maximum atomic E-state index is 13.3. The SMILES string of the molecule is COc1cccc(-c2nn(-c3ccccc3)cc2C(=O)NCc2cccnc2N(C)C)c1. The van der Waals surface area contributed by atoms with Gasteiger partial charge in [-0.1, -0.05) is 36.4 Å². The van der Waals surface area contributed by atoms with E-state index in [1.54, 1.807) is 24.2 Å². The predicted octanol–water partition coefficient (Wildman–Crippen LogP) is 3.94. The van der Waals surface area contributed by atoms with Gasteiger partial charge in [-0.3, -0.25) is 4.79 Å². The van der Waals surface area contributed by atoms with Crippen LogP contribution in [0.25, 0.3) is 16.9 Å². The highest BCUT2D eigenvalue weighted by molar-refractivity contribution is 6.00. The van der Waals surface area contributed by atoms with Crippen molar-refractivity contribution >= 4 is 11.7 Å². The maximum Gasteiger partial charge on any atom is 0.255 e. The molecule has 162 valence electrons. The molecule has 4 rings (SSSR count). The lowest BCUT2D eigenvalue weighted by molar-refractivity contribution is 0.0951. The Balaban J connectivity index is 1.69. The summed E-state index contributed by atoms with van der Waals surface area (Å²) in [5.74, 6) is 1.31. The molecule has 2 aromatic carbocycles. The Hall–Kier alpha value is -4.13. The van der Waals surface area contributed by atoms with E-state index in [9.17, 15) is 4.79 Å². The van der Waals surface area contributed by atoms with Crippen molar-refractivity contribution in [3.05, 3.63) is 90.3 Å². The molecule has 0 atom stereocenters. The molecule has 0 saturated carbocycles. The molecular weight excluding hydrogens is 402 g/mol. The fourth-order valence-corrected chi connectivity index (χ4v) is 3.48. The number of amides is 1. The quantitative estimate of drug-likeness (QED) is 0.484. The molecule has 0 aliphatic carbocycles. The largest absolute Gasteiger partial charge is 0.497 e. The van der Waals surface area contributed by atoms with E-state index in [2.05, 4.69) is 10.3 Å². The second kappa shape index (κ2) is 9.34. The third kappa shape index (κ3) is 4.46. The number of rotatable bonds is 7. The molecule has 0 aliphatic rings. The van der Waals surface area contributed by atoms with E-state index in [4.69, 9.17) is 9.84 Å². The van der Waals surface area contributed by atoms with Crippen molar-refractivity contribution in [1.82, 2.24) is 20.1 Å². The number of hydrogen-bond acceptors (Lipinski definition) is 5. The second-order valence-electron chi connectivity index (χ2n) is 7.47.